The predicted octanol–water partition coefficient (Wildman–Crippen LogP) is 4.79. The zero-order valence-corrected chi connectivity index (χ0v) is 13.2. The second kappa shape index (κ2) is 6.97. The van der Waals surface area contributed by atoms with Gasteiger partial charge in [0.1, 0.15) is 0 Å². The van der Waals surface area contributed by atoms with Crippen LogP contribution in [0, 0.1) is 12.8 Å². The molecule has 110 valence electrons. The van der Waals surface area contributed by atoms with Crippen LogP contribution >= 0.6 is 23.2 Å². The van der Waals surface area contributed by atoms with Gasteiger partial charge >= 0.3 is 5.97 Å². The first-order valence-corrected chi connectivity index (χ1v) is 7.44. The highest BCUT2D eigenvalue weighted by atomic mass is 35.5. The lowest BCUT2D eigenvalue weighted by Gasteiger charge is -2.14. The lowest BCUT2D eigenvalue weighted by atomic mass is 9.91. The summed E-state index contributed by atoms with van der Waals surface area (Å²) >= 11 is 11.9. The van der Waals surface area contributed by atoms with Crippen LogP contribution < -0.4 is 0 Å². The minimum Gasteiger partial charge on any atom is -0.481 e. The minimum atomic E-state index is -0.802. The number of aliphatic carboxylic acids is 1. The van der Waals surface area contributed by atoms with Crippen LogP contribution in [0.1, 0.15) is 16.7 Å². The van der Waals surface area contributed by atoms with E-state index in [0.717, 1.165) is 16.7 Å². The molecule has 0 saturated carbocycles. The first-order chi connectivity index (χ1) is 9.97. The predicted molar refractivity (Wildman–Crippen MR) is 86.2 cm³/mol. The third-order valence-electron chi connectivity index (χ3n) is 3.54. The molecule has 1 N–H and O–H groups in total. The van der Waals surface area contributed by atoms with E-state index in [4.69, 9.17) is 23.2 Å². The van der Waals surface area contributed by atoms with E-state index in [-0.39, 0.29) is 0 Å². The Morgan fingerprint density at radius 2 is 1.81 bits per heavy atom. The number of halogens is 2. The van der Waals surface area contributed by atoms with Crippen molar-refractivity contribution in [2.45, 2.75) is 19.8 Å². The van der Waals surface area contributed by atoms with E-state index in [1.54, 1.807) is 12.1 Å². The Hall–Kier alpha value is -1.51. The fourth-order valence-electron chi connectivity index (χ4n) is 2.30. The number of carbonyl (C=O) groups is 1. The van der Waals surface area contributed by atoms with E-state index in [1.165, 1.54) is 0 Å². The third kappa shape index (κ3) is 4.23. The molecule has 2 aromatic carbocycles. The Kier molecular flexibility index (Phi) is 5.27. The van der Waals surface area contributed by atoms with Crippen LogP contribution in [0.15, 0.2) is 42.5 Å². The van der Waals surface area contributed by atoms with Crippen molar-refractivity contribution in [2.24, 2.45) is 5.92 Å². The molecular formula is C17H16Cl2O2. The molecule has 4 heteroatoms. The number of rotatable bonds is 5. The van der Waals surface area contributed by atoms with Crippen molar-refractivity contribution < 1.29 is 9.90 Å². The lowest BCUT2D eigenvalue weighted by molar-refractivity contribution is -0.141. The van der Waals surface area contributed by atoms with Crippen molar-refractivity contribution >= 4 is 29.2 Å². The van der Waals surface area contributed by atoms with Crippen LogP contribution in [0.3, 0.4) is 0 Å². The Balaban J connectivity index is 2.18. The standard InChI is InChI=1S/C17H16Cl2O2/c1-11-4-2-3-5-13(11)10-14(17(20)21)8-12-6-7-15(18)16(19)9-12/h2-7,9,14H,8,10H2,1H3,(H,20,21). The fourth-order valence-corrected chi connectivity index (χ4v) is 2.62. The molecule has 2 nitrogen and oxygen atoms in total. The van der Waals surface area contributed by atoms with Crippen molar-refractivity contribution in [3.8, 4) is 0 Å². The molecule has 0 fully saturated rings. The zero-order valence-electron chi connectivity index (χ0n) is 11.6. The second-order valence-corrected chi connectivity index (χ2v) is 5.93. The molecule has 0 amide bonds. The molecule has 0 aromatic heterocycles. The van der Waals surface area contributed by atoms with Gasteiger partial charge in [0.2, 0.25) is 0 Å². The quantitative estimate of drug-likeness (QED) is 0.859. The topological polar surface area (TPSA) is 37.3 Å². The van der Waals surface area contributed by atoms with Crippen LogP contribution in [0.2, 0.25) is 10.0 Å². The van der Waals surface area contributed by atoms with Gasteiger partial charge in [-0.15, -0.1) is 0 Å². The van der Waals surface area contributed by atoms with Gasteiger partial charge in [-0.2, -0.15) is 0 Å². The van der Waals surface area contributed by atoms with Crippen LogP contribution in [-0.4, -0.2) is 11.1 Å². The van der Waals surface area contributed by atoms with Crippen molar-refractivity contribution in [1.29, 1.82) is 0 Å². The molecule has 2 aromatic rings. The summed E-state index contributed by atoms with van der Waals surface area (Å²) in [4.78, 5) is 11.5. The molecule has 0 aliphatic heterocycles. The van der Waals surface area contributed by atoms with Crippen molar-refractivity contribution in [3.05, 3.63) is 69.2 Å². The molecule has 1 unspecified atom stereocenters. The maximum atomic E-state index is 11.5. The largest absolute Gasteiger partial charge is 0.481 e. The molecule has 2 rings (SSSR count). The minimum absolute atomic E-state index is 0.431. The zero-order chi connectivity index (χ0) is 15.4. The van der Waals surface area contributed by atoms with Crippen molar-refractivity contribution in [2.75, 3.05) is 0 Å². The van der Waals surface area contributed by atoms with Crippen LogP contribution in [0.5, 0.6) is 0 Å². The van der Waals surface area contributed by atoms with Gasteiger partial charge in [0, 0.05) is 0 Å². The molecule has 0 aliphatic carbocycles. The summed E-state index contributed by atoms with van der Waals surface area (Å²) in [5.41, 5.74) is 3.05. The highest BCUT2D eigenvalue weighted by Crippen LogP contribution is 2.25. The third-order valence-corrected chi connectivity index (χ3v) is 4.28. The highest BCUT2D eigenvalue weighted by Gasteiger charge is 2.19. The van der Waals surface area contributed by atoms with Gasteiger partial charge in [-0.1, -0.05) is 53.5 Å². The van der Waals surface area contributed by atoms with Gasteiger partial charge < -0.3 is 5.11 Å². The summed E-state index contributed by atoms with van der Waals surface area (Å²) in [6.07, 6.45) is 0.933. The summed E-state index contributed by atoms with van der Waals surface area (Å²) in [6.45, 7) is 1.99. The van der Waals surface area contributed by atoms with Gasteiger partial charge in [0.05, 0.1) is 16.0 Å². The Morgan fingerprint density at radius 3 is 2.43 bits per heavy atom. The van der Waals surface area contributed by atoms with E-state index < -0.39 is 11.9 Å². The number of hydrogen-bond donors (Lipinski definition) is 1. The van der Waals surface area contributed by atoms with Crippen LogP contribution in [-0.2, 0) is 17.6 Å². The maximum Gasteiger partial charge on any atom is 0.307 e. The average Bonchev–Trinajstić information content (AvgIpc) is 2.44. The van der Waals surface area contributed by atoms with Crippen LogP contribution in [0.4, 0.5) is 0 Å². The summed E-state index contributed by atoms with van der Waals surface area (Å²) in [5.74, 6) is -1.28. The van der Waals surface area contributed by atoms with Crippen molar-refractivity contribution in [3.63, 3.8) is 0 Å². The Morgan fingerprint density at radius 1 is 1.10 bits per heavy atom. The normalized spacial score (nSPS) is 12.1. The summed E-state index contributed by atoms with van der Waals surface area (Å²) in [5, 5.41) is 10.4. The smallest absolute Gasteiger partial charge is 0.307 e. The summed E-state index contributed by atoms with van der Waals surface area (Å²) < 4.78 is 0. The van der Waals surface area contributed by atoms with E-state index in [9.17, 15) is 9.90 Å². The van der Waals surface area contributed by atoms with E-state index in [0.29, 0.717) is 22.9 Å². The summed E-state index contributed by atoms with van der Waals surface area (Å²) in [6, 6.07) is 13.1. The monoisotopic (exact) mass is 322 g/mol. The molecule has 21 heavy (non-hydrogen) atoms. The second-order valence-electron chi connectivity index (χ2n) is 5.12. The number of carboxylic acid groups (broad SMARTS) is 1. The van der Waals surface area contributed by atoms with Gasteiger partial charge in [-0.3, -0.25) is 4.79 Å². The molecule has 0 radical (unpaired) electrons. The fraction of sp³-hybridized carbons (Fsp3) is 0.235. The lowest BCUT2D eigenvalue weighted by Crippen LogP contribution is -2.19. The number of benzene rings is 2. The number of aryl methyl sites for hydroxylation is 1. The Labute approximate surface area is 134 Å². The average molecular weight is 323 g/mol. The first-order valence-electron chi connectivity index (χ1n) is 6.68. The molecular weight excluding hydrogens is 307 g/mol. The molecule has 1 atom stereocenters. The van der Waals surface area contributed by atoms with E-state index in [2.05, 4.69) is 0 Å². The highest BCUT2D eigenvalue weighted by molar-refractivity contribution is 6.42. The SMILES string of the molecule is Cc1ccccc1CC(Cc1ccc(Cl)c(Cl)c1)C(=O)O. The van der Waals surface area contributed by atoms with Gasteiger partial charge in [0.25, 0.3) is 0 Å². The van der Waals surface area contributed by atoms with Crippen molar-refractivity contribution in [1.82, 2.24) is 0 Å². The van der Waals surface area contributed by atoms with Gasteiger partial charge in [0.15, 0.2) is 0 Å². The molecule has 0 aliphatic rings. The molecule has 0 spiro atoms. The molecule has 0 bridgehead atoms. The van der Waals surface area contributed by atoms with Crippen LogP contribution in [0.25, 0.3) is 0 Å². The first kappa shape index (κ1) is 15.9. The maximum absolute atomic E-state index is 11.5. The number of hydrogen-bond acceptors (Lipinski definition) is 1. The van der Waals surface area contributed by atoms with Gasteiger partial charge in [-0.05, 0) is 48.6 Å². The van der Waals surface area contributed by atoms with E-state index >= 15 is 0 Å². The molecule has 0 heterocycles. The summed E-state index contributed by atoms with van der Waals surface area (Å²) in [7, 11) is 0. The van der Waals surface area contributed by atoms with E-state index in [1.807, 2.05) is 37.3 Å². The van der Waals surface area contributed by atoms with Gasteiger partial charge in [-0.25, -0.2) is 0 Å². The molecule has 0 saturated heterocycles. The Bertz CT molecular complexity index is 653. The number of carboxylic acids is 1.